The second-order valence-electron chi connectivity index (χ2n) is 2.75. The maximum absolute atomic E-state index is 11.1. The van der Waals surface area contributed by atoms with E-state index in [9.17, 15) is 18.0 Å². The number of carbonyl (C=O) groups excluding carboxylic acids is 2. The third-order valence-electron chi connectivity index (χ3n) is 1.51. The van der Waals surface area contributed by atoms with Gasteiger partial charge in [-0.3, -0.25) is 9.59 Å². The molecule has 0 saturated heterocycles. The Morgan fingerprint density at radius 2 is 1.23 bits per heavy atom. The van der Waals surface area contributed by atoms with Gasteiger partial charge in [-0.25, -0.2) is 8.42 Å². The highest BCUT2D eigenvalue weighted by Crippen LogP contribution is 2.05. The number of hydrogen-bond acceptors (Lipinski definition) is 4. The Bertz CT molecular complexity index is 265. The van der Waals surface area contributed by atoms with Crippen LogP contribution in [-0.2, 0) is 19.4 Å². The lowest BCUT2D eigenvalue weighted by Crippen LogP contribution is -2.23. The lowest BCUT2D eigenvalue weighted by Gasteiger charge is -1.99. The molecule has 0 aromatic heterocycles. The Hall–Kier alpha value is -0.710. The summed E-state index contributed by atoms with van der Waals surface area (Å²) >= 11 is 0. The highest BCUT2D eigenvalue weighted by molar-refractivity contribution is 8.18. The molecule has 13 heavy (non-hydrogen) atoms. The summed E-state index contributed by atoms with van der Waals surface area (Å²) < 4.78 is 22.2. The fourth-order valence-corrected chi connectivity index (χ4v) is 2.00. The van der Waals surface area contributed by atoms with Gasteiger partial charge in [-0.2, -0.15) is 0 Å². The van der Waals surface area contributed by atoms with Crippen molar-refractivity contribution in [3.8, 4) is 0 Å². The molecule has 0 aliphatic rings. The monoisotopic (exact) mass is 206 g/mol. The molecule has 0 unspecified atom stereocenters. The molecule has 0 aliphatic heterocycles. The van der Waals surface area contributed by atoms with Crippen molar-refractivity contribution in [2.45, 2.75) is 39.5 Å². The lowest BCUT2D eigenvalue weighted by molar-refractivity contribution is -0.114. The van der Waals surface area contributed by atoms with E-state index in [4.69, 9.17) is 0 Å². The second-order valence-corrected chi connectivity index (χ2v) is 4.67. The molecule has 0 aromatic rings. The predicted octanol–water partition coefficient (Wildman–Crippen LogP) is 1.05. The maximum Gasteiger partial charge on any atom is 0.273 e. The van der Waals surface area contributed by atoms with E-state index in [1.165, 1.54) is 0 Å². The Balaban J connectivity index is 4.57. The Kier molecular flexibility index (Phi) is 4.83. The van der Waals surface area contributed by atoms with Crippen LogP contribution in [0, 0.1) is 0 Å². The van der Waals surface area contributed by atoms with Crippen LogP contribution in [0.1, 0.15) is 39.5 Å². The van der Waals surface area contributed by atoms with Gasteiger partial charge in [-0.15, -0.1) is 0 Å². The first kappa shape index (κ1) is 12.3. The van der Waals surface area contributed by atoms with E-state index in [0.29, 0.717) is 12.8 Å². The summed E-state index contributed by atoms with van der Waals surface area (Å²) in [4.78, 5) is 21.9. The highest BCUT2D eigenvalue weighted by Gasteiger charge is 2.28. The van der Waals surface area contributed by atoms with E-state index in [0.717, 1.165) is 0 Å². The fourth-order valence-electron chi connectivity index (χ4n) is 0.804. The van der Waals surface area contributed by atoms with Gasteiger partial charge in [-0.1, -0.05) is 13.8 Å². The van der Waals surface area contributed by atoms with Crippen molar-refractivity contribution >= 4 is 20.1 Å². The predicted molar refractivity (Wildman–Crippen MR) is 48.7 cm³/mol. The van der Waals surface area contributed by atoms with Crippen LogP contribution in [0.2, 0.25) is 0 Å². The van der Waals surface area contributed by atoms with Crippen LogP contribution in [0.4, 0.5) is 0 Å². The van der Waals surface area contributed by atoms with Crippen molar-refractivity contribution in [3.05, 3.63) is 0 Å². The molecule has 0 rings (SSSR count). The van der Waals surface area contributed by atoms with E-state index in [-0.39, 0.29) is 12.8 Å². The normalized spacial score (nSPS) is 11.2. The second kappa shape index (κ2) is 5.11. The summed E-state index contributed by atoms with van der Waals surface area (Å²) in [6.07, 6.45) is 0.741. The van der Waals surface area contributed by atoms with Gasteiger partial charge in [0.25, 0.3) is 20.1 Å². The smallest absolute Gasteiger partial charge is 0.273 e. The molecule has 0 spiro atoms. The molecular formula is C8H14O4S. The van der Waals surface area contributed by atoms with Crippen LogP contribution in [0.15, 0.2) is 0 Å². The van der Waals surface area contributed by atoms with Crippen molar-refractivity contribution in [1.29, 1.82) is 0 Å². The third kappa shape index (κ3) is 3.26. The molecule has 0 saturated carbocycles. The summed E-state index contributed by atoms with van der Waals surface area (Å²) in [5.41, 5.74) is 0. The van der Waals surface area contributed by atoms with Crippen LogP contribution in [0.3, 0.4) is 0 Å². The molecule has 0 fully saturated rings. The van der Waals surface area contributed by atoms with Gasteiger partial charge in [-0.05, 0) is 12.8 Å². The molecule has 0 amide bonds. The maximum atomic E-state index is 11.1. The van der Waals surface area contributed by atoms with E-state index >= 15 is 0 Å². The Morgan fingerprint density at radius 1 is 0.923 bits per heavy atom. The molecule has 0 radical (unpaired) electrons. The van der Waals surface area contributed by atoms with Crippen molar-refractivity contribution in [1.82, 2.24) is 0 Å². The molecule has 0 aromatic carbocycles. The van der Waals surface area contributed by atoms with Crippen LogP contribution in [0.25, 0.3) is 0 Å². The number of rotatable bonds is 4. The minimum absolute atomic E-state index is 0.0716. The van der Waals surface area contributed by atoms with Crippen LogP contribution >= 0.6 is 0 Å². The number of sulfone groups is 1. The summed E-state index contributed by atoms with van der Waals surface area (Å²) in [6.45, 7) is 3.38. The van der Waals surface area contributed by atoms with Crippen LogP contribution in [0.5, 0.6) is 0 Å². The molecule has 4 nitrogen and oxygen atoms in total. The zero-order chi connectivity index (χ0) is 10.5. The lowest BCUT2D eigenvalue weighted by atomic mass is 10.4. The van der Waals surface area contributed by atoms with Crippen LogP contribution < -0.4 is 0 Å². The number of hydrogen-bond donors (Lipinski definition) is 0. The minimum Gasteiger partial charge on any atom is -0.281 e. The van der Waals surface area contributed by atoms with Gasteiger partial charge in [0.05, 0.1) is 0 Å². The first-order valence-electron chi connectivity index (χ1n) is 4.27. The molecule has 0 atom stereocenters. The first-order chi connectivity index (χ1) is 5.96. The summed E-state index contributed by atoms with van der Waals surface area (Å²) in [5.74, 6) is 0. The molecule has 76 valence electrons. The van der Waals surface area contributed by atoms with E-state index in [1.807, 2.05) is 0 Å². The third-order valence-corrected chi connectivity index (χ3v) is 3.11. The molecular weight excluding hydrogens is 192 g/mol. The van der Waals surface area contributed by atoms with Gasteiger partial charge in [0.2, 0.25) is 0 Å². The van der Waals surface area contributed by atoms with Crippen molar-refractivity contribution in [2.24, 2.45) is 0 Å². The van der Waals surface area contributed by atoms with Gasteiger partial charge < -0.3 is 0 Å². The summed E-state index contributed by atoms with van der Waals surface area (Å²) in [5, 5.41) is -1.90. The van der Waals surface area contributed by atoms with E-state index < -0.39 is 20.1 Å². The summed E-state index contributed by atoms with van der Waals surface area (Å²) in [6, 6.07) is 0. The molecule has 5 heteroatoms. The van der Waals surface area contributed by atoms with E-state index in [1.54, 1.807) is 13.8 Å². The van der Waals surface area contributed by atoms with Crippen molar-refractivity contribution < 1.29 is 18.0 Å². The van der Waals surface area contributed by atoms with Gasteiger partial charge in [0.1, 0.15) is 0 Å². The Labute approximate surface area is 78.2 Å². The standard InChI is InChI=1S/C8H14O4S/c1-3-5-7(9)13(11,12)8(10)6-4-2/h3-6H2,1-2H3. The molecule has 0 heterocycles. The molecule has 0 N–H and O–H groups in total. The first-order valence-corrected chi connectivity index (χ1v) is 5.75. The SMILES string of the molecule is CCCC(=O)S(=O)(=O)C(=O)CCC. The zero-order valence-corrected chi connectivity index (χ0v) is 8.69. The zero-order valence-electron chi connectivity index (χ0n) is 7.87. The van der Waals surface area contributed by atoms with Crippen molar-refractivity contribution in [2.75, 3.05) is 0 Å². The van der Waals surface area contributed by atoms with E-state index in [2.05, 4.69) is 0 Å². The number of carbonyl (C=O) groups is 2. The summed E-state index contributed by atoms with van der Waals surface area (Å²) in [7, 11) is -4.14. The largest absolute Gasteiger partial charge is 0.281 e. The minimum atomic E-state index is -4.14. The van der Waals surface area contributed by atoms with Gasteiger partial charge >= 0.3 is 0 Å². The molecule has 0 bridgehead atoms. The average molecular weight is 206 g/mol. The van der Waals surface area contributed by atoms with Crippen molar-refractivity contribution in [3.63, 3.8) is 0 Å². The molecule has 0 aliphatic carbocycles. The fraction of sp³-hybridized carbons (Fsp3) is 0.750. The van der Waals surface area contributed by atoms with Gasteiger partial charge in [0.15, 0.2) is 0 Å². The average Bonchev–Trinajstić information content (AvgIpc) is 2.05. The Morgan fingerprint density at radius 3 is 1.46 bits per heavy atom. The topological polar surface area (TPSA) is 68.3 Å². The van der Waals surface area contributed by atoms with Crippen LogP contribution in [-0.4, -0.2) is 18.6 Å². The highest BCUT2D eigenvalue weighted by atomic mass is 32.2. The van der Waals surface area contributed by atoms with Gasteiger partial charge in [0, 0.05) is 12.8 Å². The quantitative estimate of drug-likeness (QED) is 0.689.